The van der Waals surface area contributed by atoms with Gasteiger partial charge in [-0.25, -0.2) is 9.97 Å². The molecule has 4 rings (SSSR count). The van der Waals surface area contributed by atoms with Crippen LogP contribution < -0.4 is 5.32 Å². The molecule has 2 aromatic heterocycles. The predicted octanol–water partition coefficient (Wildman–Crippen LogP) is 1.71. The smallest absolute Gasteiger partial charge is 0.251 e. The Hall–Kier alpha value is -2.21. The summed E-state index contributed by atoms with van der Waals surface area (Å²) in [5.74, 6) is 0.634. The molecular weight excluding hydrogens is 280 g/mol. The summed E-state index contributed by atoms with van der Waals surface area (Å²) in [5.41, 5.74) is 0.445. The van der Waals surface area contributed by atoms with Crippen LogP contribution in [0.2, 0.25) is 0 Å². The Morgan fingerprint density at radius 1 is 1.41 bits per heavy atom. The number of pyridine rings is 1. The van der Waals surface area contributed by atoms with Gasteiger partial charge in [-0.3, -0.25) is 9.36 Å². The first-order valence-electron chi connectivity index (χ1n) is 7.65. The number of hydrogen-bond acceptors (Lipinski definition) is 4. The Morgan fingerprint density at radius 2 is 2.36 bits per heavy atom. The summed E-state index contributed by atoms with van der Waals surface area (Å²) in [7, 11) is 0. The molecule has 2 aliphatic rings. The second-order valence-corrected chi connectivity index (χ2v) is 5.98. The molecule has 2 atom stereocenters. The van der Waals surface area contributed by atoms with Crippen molar-refractivity contribution in [2.24, 2.45) is 0 Å². The first-order chi connectivity index (χ1) is 10.8. The van der Waals surface area contributed by atoms with Gasteiger partial charge < -0.3 is 10.1 Å². The lowest BCUT2D eigenvalue weighted by Crippen LogP contribution is -2.51. The highest BCUT2D eigenvalue weighted by Crippen LogP contribution is 2.39. The third-order valence-electron chi connectivity index (χ3n) is 4.71. The molecule has 0 radical (unpaired) electrons. The maximum Gasteiger partial charge on any atom is 0.251 e. The van der Waals surface area contributed by atoms with Crippen LogP contribution in [0.25, 0.3) is 5.82 Å². The molecule has 1 saturated heterocycles. The first-order valence-corrected chi connectivity index (χ1v) is 7.65. The minimum atomic E-state index is -0.171. The van der Waals surface area contributed by atoms with E-state index in [1.165, 1.54) is 0 Å². The molecule has 0 aromatic carbocycles. The molecule has 6 heteroatoms. The average molecular weight is 298 g/mol. The van der Waals surface area contributed by atoms with Crippen molar-refractivity contribution in [3.8, 4) is 5.82 Å². The molecule has 114 valence electrons. The molecule has 6 nitrogen and oxygen atoms in total. The van der Waals surface area contributed by atoms with Crippen LogP contribution in [0, 0.1) is 0 Å². The van der Waals surface area contributed by atoms with Crippen molar-refractivity contribution in [1.82, 2.24) is 19.9 Å². The van der Waals surface area contributed by atoms with Crippen molar-refractivity contribution in [1.29, 1.82) is 0 Å². The number of carbonyl (C=O) groups excluding carboxylic acids is 1. The average Bonchev–Trinajstić information content (AvgIpc) is 3.23. The number of carbonyl (C=O) groups is 1. The predicted molar refractivity (Wildman–Crippen MR) is 79.8 cm³/mol. The summed E-state index contributed by atoms with van der Waals surface area (Å²) in [6.07, 6.45) is 11.0. The van der Waals surface area contributed by atoms with Crippen LogP contribution in [0.5, 0.6) is 0 Å². The lowest BCUT2D eigenvalue weighted by Gasteiger charge is -2.29. The van der Waals surface area contributed by atoms with Crippen LogP contribution in [-0.2, 0) is 4.74 Å². The van der Waals surface area contributed by atoms with Gasteiger partial charge in [-0.1, -0.05) is 0 Å². The molecule has 0 spiro atoms. The van der Waals surface area contributed by atoms with Crippen LogP contribution in [0.3, 0.4) is 0 Å². The summed E-state index contributed by atoms with van der Waals surface area (Å²) in [4.78, 5) is 20.9. The fraction of sp³-hybridized carbons (Fsp3) is 0.438. The van der Waals surface area contributed by atoms with Crippen molar-refractivity contribution >= 4 is 5.91 Å². The minimum Gasteiger partial charge on any atom is -0.376 e. The Labute approximate surface area is 128 Å². The zero-order valence-electron chi connectivity index (χ0n) is 12.2. The highest BCUT2D eigenvalue weighted by Gasteiger charge is 2.48. The lowest BCUT2D eigenvalue weighted by atomic mass is 9.93. The van der Waals surface area contributed by atoms with E-state index in [0.717, 1.165) is 32.3 Å². The van der Waals surface area contributed by atoms with Crippen molar-refractivity contribution in [3.05, 3.63) is 42.6 Å². The Kier molecular flexibility index (Phi) is 3.18. The van der Waals surface area contributed by atoms with Crippen molar-refractivity contribution in [3.63, 3.8) is 0 Å². The van der Waals surface area contributed by atoms with Gasteiger partial charge in [0.2, 0.25) is 0 Å². The van der Waals surface area contributed by atoms with E-state index in [2.05, 4.69) is 15.3 Å². The summed E-state index contributed by atoms with van der Waals surface area (Å²) in [6, 6.07) is 3.53. The van der Waals surface area contributed by atoms with Crippen molar-refractivity contribution < 1.29 is 9.53 Å². The number of ether oxygens (including phenoxy) is 1. The summed E-state index contributed by atoms with van der Waals surface area (Å²) >= 11 is 0. The molecular formula is C16H18N4O2. The van der Waals surface area contributed by atoms with Gasteiger partial charge in [-0.2, -0.15) is 0 Å². The van der Waals surface area contributed by atoms with E-state index in [1.54, 1.807) is 41.6 Å². The second-order valence-electron chi connectivity index (χ2n) is 5.98. The fourth-order valence-corrected chi connectivity index (χ4v) is 3.55. The quantitative estimate of drug-likeness (QED) is 0.936. The second kappa shape index (κ2) is 5.21. The molecule has 1 aliphatic heterocycles. The van der Waals surface area contributed by atoms with E-state index in [1.807, 2.05) is 0 Å². The molecule has 2 aromatic rings. The number of imidazole rings is 1. The van der Waals surface area contributed by atoms with Gasteiger partial charge in [0.05, 0.1) is 11.6 Å². The summed E-state index contributed by atoms with van der Waals surface area (Å²) < 4.78 is 7.54. The van der Waals surface area contributed by atoms with Gasteiger partial charge in [0.25, 0.3) is 5.91 Å². The minimum absolute atomic E-state index is 0.0545. The molecule has 1 aliphatic carbocycles. The number of nitrogens with one attached hydrogen (secondary N) is 1. The SMILES string of the molecule is O=C(NC12CCCC1OCC2)c1ccnc(-n2ccnc2)c1. The van der Waals surface area contributed by atoms with Gasteiger partial charge >= 0.3 is 0 Å². The lowest BCUT2D eigenvalue weighted by molar-refractivity contribution is 0.0717. The monoisotopic (exact) mass is 298 g/mol. The molecule has 1 saturated carbocycles. The van der Waals surface area contributed by atoms with Crippen LogP contribution >= 0.6 is 0 Å². The van der Waals surface area contributed by atoms with E-state index >= 15 is 0 Å². The number of rotatable bonds is 3. The van der Waals surface area contributed by atoms with E-state index in [4.69, 9.17) is 4.74 Å². The normalized spacial score (nSPS) is 26.8. The third kappa shape index (κ3) is 2.20. The number of aromatic nitrogens is 3. The van der Waals surface area contributed by atoms with Crippen LogP contribution in [0.4, 0.5) is 0 Å². The van der Waals surface area contributed by atoms with Crippen LogP contribution in [0.15, 0.2) is 37.1 Å². The number of hydrogen-bond donors (Lipinski definition) is 1. The Morgan fingerprint density at radius 3 is 3.23 bits per heavy atom. The topological polar surface area (TPSA) is 69.0 Å². The molecule has 22 heavy (non-hydrogen) atoms. The molecule has 2 unspecified atom stereocenters. The zero-order chi connectivity index (χ0) is 15.0. The van der Waals surface area contributed by atoms with E-state index in [9.17, 15) is 4.79 Å². The maximum absolute atomic E-state index is 12.6. The van der Waals surface area contributed by atoms with Crippen LogP contribution in [-0.4, -0.2) is 38.7 Å². The van der Waals surface area contributed by atoms with Gasteiger partial charge in [0.15, 0.2) is 0 Å². The molecule has 1 amide bonds. The standard InChI is InChI=1S/C16H18N4O2/c21-15(19-16-4-1-2-13(16)22-9-5-16)12-3-6-18-14(10-12)20-8-7-17-11-20/h3,6-8,10-11,13H,1-2,4-5,9H2,(H,19,21). The number of fused-ring (bicyclic) bond motifs is 1. The number of amides is 1. The largest absolute Gasteiger partial charge is 0.376 e. The molecule has 2 fully saturated rings. The molecule has 3 heterocycles. The van der Waals surface area contributed by atoms with Gasteiger partial charge in [0, 0.05) is 30.8 Å². The molecule has 0 bridgehead atoms. The highest BCUT2D eigenvalue weighted by atomic mass is 16.5. The third-order valence-corrected chi connectivity index (χ3v) is 4.71. The van der Waals surface area contributed by atoms with E-state index in [-0.39, 0.29) is 17.6 Å². The summed E-state index contributed by atoms with van der Waals surface area (Å²) in [5, 5.41) is 3.23. The Balaban J connectivity index is 1.57. The fourth-order valence-electron chi connectivity index (χ4n) is 3.55. The first kappa shape index (κ1) is 13.5. The van der Waals surface area contributed by atoms with Crippen molar-refractivity contribution in [2.75, 3.05) is 6.61 Å². The highest BCUT2D eigenvalue weighted by molar-refractivity contribution is 5.95. The van der Waals surface area contributed by atoms with Crippen molar-refractivity contribution in [2.45, 2.75) is 37.3 Å². The van der Waals surface area contributed by atoms with Gasteiger partial charge in [-0.15, -0.1) is 0 Å². The zero-order valence-corrected chi connectivity index (χ0v) is 12.2. The van der Waals surface area contributed by atoms with E-state index in [0.29, 0.717) is 11.4 Å². The van der Waals surface area contributed by atoms with E-state index < -0.39 is 0 Å². The Bertz CT molecular complexity index is 673. The summed E-state index contributed by atoms with van der Waals surface area (Å²) in [6.45, 7) is 0.738. The maximum atomic E-state index is 12.6. The van der Waals surface area contributed by atoms with Gasteiger partial charge in [-0.05, 0) is 37.8 Å². The van der Waals surface area contributed by atoms with Crippen LogP contribution in [0.1, 0.15) is 36.0 Å². The molecule has 1 N–H and O–H groups in total. The van der Waals surface area contributed by atoms with Gasteiger partial charge in [0.1, 0.15) is 12.1 Å². The number of nitrogens with zero attached hydrogens (tertiary/aromatic N) is 3.